The second-order valence-electron chi connectivity index (χ2n) is 2.68. The fourth-order valence-electron chi connectivity index (χ4n) is 0.905. The van der Waals surface area contributed by atoms with Crippen LogP contribution in [0, 0.1) is 0 Å². The van der Waals surface area contributed by atoms with E-state index in [1.165, 1.54) is 0 Å². The summed E-state index contributed by atoms with van der Waals surface area (Å²) in [6, 6.07) is 0. The normalized spacial score (nSPS) is 25.5. The molecule has 0 aromatic rings. The minimum atomic E-state index is -0.754. The van der Waals surface area contributed by atoms with Gasteiger partial charge < -0.3 is 9.84 Å². The highest BCUT2D eigenvalue weighted by molar-refractivity contribution is 14.1. The number of carbonyl (C=O) groups excluding carboxylic acids is 1. The second-order valence-corrected chi connectivity index (χ2v) is 4.16. The Morgan fingerprint density at radius 3 is 2.92 bits per heavy atom. The summed E-state index contributed by atoms with van der Waals surface area (Å²) in [7, 11) is 0. The summed E-state index contributed by atoms with van der Waals surface area (Å²) in [6.45, 7) is 1.78. The van der Waals surface area contributed by atoms with E-state index in [2.05, 4.69) is 15.9 Å². The summed E-state index contributed by atoms with van der Waals surface area (Å²) in [5.74, 6) is -0.426. The third-order valence-corrected chi connectivity index (χ3v) is 3.27. The molecule has 0 aromatic heterocycles. The molecule has 0 radical (unpaired) electrons. The predicted molar refractivity (Wildman–Crippen MR) is 60.7 cm³/mol. The quantitative estimate of drug-likeness (QED) is 0.605. The molecular formula is C8H8BrIO3. The van der Waals surface area contributed by atoms with Gasteiger partial charge in [-0.1, -0.05) is 22.6 Å². The Morgan fingerprint density at radius 2 is 2.54 bits per heavy atom. The highest BCUT2D eigenvalue weighted by Crippen LogP contribution is 2.23. The van der Waals surface area contributed by atoms with Gasteiger partial charge in [0, 0.05) is 0 Å². The number of halogens is 2. The van der Waals surface area contributed by atoms with Crippen LogP contribution in [0.1, 0.15) is 6.92 Å². The van der Waals surface area contributed by atoms with E-state index in [-0.39, 0.29) is 0 Å². The van der Waals surface area contributed by atoms with Gasteiger partial charge in [-0.3, -0.25) is 0 Å². The van der Waals surface area contributed by atoms with E-state index in [0.717, 1.165) is 5.57 Å². The van der Waals surface area contributed by atoms with Gasteiger partial charge in [-0.25, -0.2) is 4.79 Å². The summed E-state index contributed by atoms with van der Waals surface area (Å²) in [4.78, 5) is 10.9. The Hall–Kier alpha value is 0.120. The maximum Gasteiger partial charge on any atom is 0.345 e. The van der Waals surface area contributed by atoms with E-state index < -0.39 is 18.2 Å². The fourth-order valence-corrected chi connectivity index (χ4v) is 1.63. The van der Waals surface area contributed by atoms with Crippen molar-refractivity contribution in [2.24, 2.45) is 0 Å². The first kappa shape index (κ1) is 11.2. The third-order valence-electron chi connectivity index (χ3n) is 1.70. The maximum absolute atomic E-state index is 10.9. The van der Waals surface area contributed by atoms with E-state index in [1.54, 1.807) is 17.1 Å². The Labute approximate surface area is 98.1 Å². The zero-order valence-corrected chi connectivity index (χ0v) is 10.6. The highest BCUT2D eigenvalue weighted by Gasteiger charge is 2.30. The first-order valence-corrected chi connectivity index (χ1v) is 5.63. The highest BCUT2D eigenvalue weighted by atomic mass is 127. The lowest BCUT2D eigenvalue weighted by molar-refractivity contribution is -0.141. The number of esters is 1. The summed E-state index contributed by atoms with van der Waals surface area (Å²) in [5.41, 5.74) is 0.775. The minimum absolute atomic E-state index is 0.373. The van der Waals surface area contributed by atoms with Gasteiger partial charge in [-0.15, -0.1) is 0 Å². The molecule has 1 heterocycles. The van der Waals surface area contributed by atoms with Crippen molar-refractivity contribution in [3.05, 3.63) is 20.2 Å². The summed E-state index contributed by atoms with van der Waals surface area (Å²) < 4.78 is 7.02. The van der Waals surface area contributed by atoms with Crippen LogP contribution in [0.2, 0.25) is 0 Å². The molecule has 1 aliphatic rings. The molecule has 2 atom stereocenters. The van der Waals surface area contributed by atoms with Gasteiger partial charge in [0.05, 0.1) is 0 Å². The molecule has 72 valence electrons. The van der Waals surface area contributed by atoms with Gasteiger partial charge in [0.25, 0.3) is 0 Å². The van der Waals surface area contributed by atoms with Crippen LogP contribution in [0.3, 0.4) is 0 Å². The van der Waals surface area contributed by atoms with Crippen molar-refractivity contribution in [3.8, 4) is 0 Å². The van der Waals surface area contributed by atoms with Gasteiger partial charge in [0.15, 0.2) is 6.10 Å². The average molecular weight is 359 g/mol. The lowest BCUT2D eigenvalue weighted by Crippen LogP contribution is -2.26. The van der Waals surface area contributed by atoms with E-state index in [0.29, 0.717) is 4.48 Å². The molecule has 1 N–H and O–H groups in total. The van der Waals surface area contributed by atoms with E-state index in [4.69, 9.17) is 4.74 Å². The summed E-state index contributed by atoms with van der Waals surface area (Å²) in [6.07, 6.45) is 0.250. The molecule has 3 nitrogen and oxygen atoms in total. The molecule has 0 saturated carbocycles. The number of ether oxygens (including phenoxy) is 1. The summed E-state index contributed by atoms with van der Waals surface area (Å²) in [5, 5.41) is 9.64. The molecule has 0 saturated heterocycles. The van der Waals surface area contributed by atoms with Crippen LogP contribution in [-0.4, -0.2) is 23.3 Å². The Kier molecular flexibility index (Phi) is 3.93. The van der Waals surface area contributed by atoms with Gasteiger partial charge in [-0.05, 0) is 38.6 Å². The third kappa shape index (κ3) is 2.54. The van der Waals surface area contributed by atoms with Gasteiger partial charge in [0.1, 0.15) is 10.6 Å². The van der Waals surface area contributed by atoms with Gasteiger partial charge in [0.2, 0.25) is 0 Å². The largest absolute Gasteiger partial charge is 0.451 e. The molecular weight excluding hydrogens is 351 g/mol. The number of carbonyl (C=O) groups is 1. The zero-order chi connectivity index (χ0) is 10.0. The zero-order valence-electron chi connectivity index (χ0n) is 6.83. The van der Waals surface area contributed by atoms with Crippen molar-refractivity contribution in [2.45, 2.75) is 19.1 Å². The summed E-state index contributed by atoms with van der Waals surface area (Å²) >= 11 is 5.07. The van der Waals surface area contributed by atoms with Crippen LogP contribution in [-0.2, 0) is 9.53 Å². The molecule has 0 aliphatic carbocycles. The Balaban J connectivity index is 2.72. The van der Waals surface area contributed by atoms with Crippen LogP contribution in [0.4, 0.5) is 0 Å². The molecule has 0 unspecified atom stereocenters. The lowest BCUT2D eigenvalue weighted by Gasteiger charge is -2.15. The van der Waals surface area contributed by atoms with Gasteiger partial charge >= 0.3 is 5.97 Å². The molecule has 5 heteroatoms. The van der Waals surface area contributed by atoms with Crippen LogP contribution >= 0.6 is 38.5 Å². The Bertz CT molecular complexity index is 285. The SMILES string of the molecule is C/C(=C\I)[C@@H](O)[C@H]1C=C(Br)C(=O)O1. The fraction of sp³-hybridized carbons (Fsp3) is 0.375. The number of aliphatic hydroxyl groups is 1. The molecule has 13 heavy (non-hydrogen) atoms. The second kappa shape index (κ2) is 4.56. The Morgan fingerprint density at radius 1 is 1.92 bits per heavy atom. The van der Waals surface area contributed by atoms with E-state index in [9.17, 15) is 9.90 Å². The molecule has 0 amide bonds. The maximum atomic E-state index is 10.9. The van der Waals surface area contributed by atoms with Crippen molar-refractivity contribution in [2.75, 3.05) is 0 Å². The number of hydrogen-bond acceptors (Lipinski definition) is 3. The number of cyclic esters (lactones) is 1. The van der Waals surface area contributed by atoms with Crippen molar-refractivity contribution in [3.63, 3.8) is 0 Å². The minimum Gasteiger partial charge on any atom is -0.451 e. The van der Waals surface area contributed by atoms with Gasteiger partial charge in [-0.2, -0.15) is 0 Å². The molecule has 1 aliphatic heterocycles. The topological polar surface area (TPSA) is 46.5 Å². The first-order valence-electron chi connectivity index (χ1n) is 3.59. The van der Waals surface area contributed by atoms with Crippen LogP contribution < -0.4 is 0 Å². The van der Waals surface area contributed by atoms with Crippen LogP contribution in [0.25, 0.3) is 0 Å². The molecule has 0 aromatic carbocycles. The van der Waals surface area contributed by atoms with Crippen molar-refractivity contribution < 1.29 is 14.6 Å². The van der Waals surface area contributed by atoms with E-state index >= 15 is 0 Å². The van der Waals surface area contributed by atoms with Crippen molar-refractivity contribution in [1.29, 1.82) is 0 Å². The monoisotopic (exact) mass is 358 g/mol. The average Bonchev–Trinajstić information content (AvgIpc) is 2.44. The number of aliphatic hydroxyl groups excluding tert-OH is 1. The number of hydrogen-bond donors (Lipinski definition) is 1. The molecule has 0 bridgehead atoms. The lowest BCUT2D eigenvalue weighted by atomic mass is 10.1. The van der Waals surface area contributed by atoms with Crippen LogP contribution in [0.5, 0.6) is 0 Å². The molecule has 1 rings (SSSR count). The first-order chi connectivity index (χ1) is 6.06. The standard InChI is InChI=1S/C8H8BrIO3/c1-4(3-10)7(11)6-2-5(9)8(12)13-6/h2-3,6-7,11H,1H3/b4-3+/t6-,7-/m1/s1. The molecule has 0 fully saturated rings. The number of rotatable bonds is 2. The van der Waals surface area contributed by atoms with Crippen molar-refractivity contribution in [1.82, 2.24) is 0 Å². The predicted octanol–water partition coefficient (Wildman–Crippen LogP) is 1.89. The smallest absolute Gasteiger partial charge is 0.345 e. The van der Waals surface area contributed by atoms with Crippen molar-refractivity contribution >= 4 is 44.5 Å². The molecule has 0 spiro atoms. The van der Waals surface area contributed by atoms with E-state index in [1.807, 2.05) is 22.6 Å². The van der Waals surface area contributed by atoms with Crippen LogP contribution in [0.15, 0.2) is 20.2 Å².